The number of thiophene rings is 1. The zero-order valence-electron chi connectivity index (χ0n) is 9.92. The summed E-state index contributed by atoms with van der Waals surface area (Å²) in [6.07, 6.45) is 0.750. The van der Waals surface area contributed by atoms with Crippen LogP contribution in [-0.2, 0) is 11.2 Å². The lowest BCUT2D eigenvalue weighted by molar-refractivity contribution is -0.115. The molecule has 1 unspecified atom stereocenters. The predicted octanol–water partition coefficient (Wildman–Crippen LogP) is 3.28. The van der Waals surface area contributed by atoms with Crippen LogP contribution in [0.1, 0.15) is 11.1 Å². The highest BCUT2D eigenvalue weighted by atomic mass is 32.2. The van der Waals surface area contributed by atoms with Crippen molar-refractivity contribution in [3.63, 3.8) is 0 Å². The second-order valence-electron chi connectivity index (χ2n) is 4.18. The topological polar surface area (TPSA) is 52.9 Å². The van der Waals surface area contributed by atoms with Crippen molar-refractivity contribution in [2.45, 2.75) is 16.6 Å². The van der Waals surface area contributed by atoms with Crippen LogP contribution in [0.3, 0.4) is 0 Å². The molecule has 19 heavy (non-hydrogen) atoms. The van der Waals surface area contributed by atoms with Gasteiger partial charge in [-0.15, -0.1) is 23.1 Å². The molecule has 1 aliphatic heterocycles. The van der Waals surface area contributed by atoms with Crippen molar-refractivity contribution in [1.29, 1.82) is 5.26 Å². The van der Waals surface area contributed by atoms with E-state index < -0.39 is 0 Å². The molecule has 1 aromatic carbocycles. The molecule has 0 spiro atoms. The van der Waals surface area contributed by atoms with Crippen LogP contribution in [0.4, 0.5) is 5.00 Å². The number of benzene rings is 1. The third-order valence-corrected chi connectivity index (χ3v) is 5.11. The summed E-state index contributed by atoms with van der Waals surface area (Å²) in [5.41, 5.74) is 1.75. The number of nitriles is 1. The van der Waals surface area contributed by atoms with Crippen LogP contribution in [0.25, 0.3) is 0 Å². The summed E-state index contributed by atoms with van der Waals surface area (Å²) < 4.78 is 0. The van der Waals surface area contributed by atoms with Crippen LogP contribution in [0.2, 0.25) is 0 Å². The smallest absolute Gasteiger partial charge is 0.238 e. The van der Waals surface area contributed by atoms with Gasteiger partial charge in [-0.25, -0.2) is 0 Å². The number of rotatable bonds is 2. The fourth-order valence-corrected chi connectivity index (χ4v) is 3.95. The van der Waals surface area contributed by atoms with Crippen molar-refractivity contribution in [3.05, 3.63) is 46.8 Å². The average molecular weight is 286 g/mol. The van der Waals surface area contributed by atoms with Gasteiger partial charge < -0.3 is 5.32 Å². The molecule has 2 aromatic rings. The quantitative estimate of drug-likeness (QED) is 0.921. The normalized spacial score (nSPS) is 16.7. The Morgan fingerprint density at radius 3 is 3.00 bits per heavy atom. The Morgan fingerprint density at radius 2 is 2.21 bits per heavy atom. The maximum atomic E-state index is 12.2. The monoisotopic (exact) mass is 286 g/mol. The summed E-state index contributed by atoms with van der Waals surface area (Å²) in [5.74, 6) is -0.0276. The molecule has 3 nitrogen and oxygen atoms in total. The maximum absolute atomic E-state index is 12.2. The van der Waals surface area contributed by atoms with E-state index in [1.54, 1.807) is 17.8 Å². The van der Waals surface area contributed by atoms with Gasteiger partial charge >= 0.3 is 0 Å². The van der Waals surface area contributed by atoms with Crippen LogP contribution in [-0.4, -0.2) is 11.2 Å². The van der Waals surface area contributed by atoms with Crippen LogP contribution in [0.5, 0.6) is 0 Å². The zero-order chi connectivity index (χ0) is 13.2. The molecule has 0 bridgehead atoms. The molecule has 1 N–H and O–H groups in total. The van der Waals surface area contributed by atoms with Crippen LogP contribution >= 0.6 is 23.1 Å². The molecular formula is C14H10N2OS2. The Kier molecular flexibility index (Phi) is 3.28. The largest absolute Gasteiger partial charge is 0.316 e. The minimum Gasteiger partial charge on any atom is -0.316 e. The van der Waals surface area contributed by atoms with E-state index in [9.17, 15) is 4.79 Å². The highest BCUT2D eigenvalue weighted by molar-refractivity contribution is 8.01. The first-order valence-electron chi connectivity index (χ1n) is 5.81. The standard InChI is InChI=1S/C14H10N2OS2/c15-8-10-5-6-18-14(10)16-13(17)12-7-9-3-1-2-4-11(9)19-12/h1-6,12H,7H2,(H,16,17). The summed E-state index contributed by atoms with van der Waals surface area (Å²) in [5, 5.41) is 14.1. The molecule has 1 atom stereocenters. The van der Waals surface area contributed by atoms with Crippen molar-refractivity contribution in [2.24, 2.45) is 0 Å². The number of carbonyl (C=O) groups is 1. The molecule has 94 valence electrons. The average Bonchev–Trinajstić information content (AvgIpc) is 3.03. The molecule has 2 heterocycles. The molecule has 1 aromatic heterocycles. The Morgan fingerprint density at radius 1 is 1.37 bits per heavy atom. The van der Waals surface area contributed by atoms with E-state index >= 15 is 0 Å². The number of anilines is 1. The first-order valence-corrected chi connectivity index (χ1v) is 7.57. The highest BCUT2D eigenvalue weighted by Crippen LogP contribution is 2.37. The molecule has 1 aliphatic rings. The predicted molar refractivity (Wildman–Crippen MR) is 77.5 cm³/mol. The minimum absolute atomic E-state index is 0.0276. The summed E-state index contributed by atoms with van der Waals surface area (Å²) in [7, 11) is 0. The number of thioether (sulfide) groups is 1. The van der Waals surface area contributed by atoms with E-state index in [0.29, 0.717) is 10.6 Å². The number of nitrogens with zero attached hydrogens (tertiary/aromatic N) is 1. The summed E-state index contributed by atoms with van der Waals surface area (Å²) in [4.78, 5) is 13.4. The van der Waals surface area contributed by atoms with Gasteiger partial charge in [0.25, 0.3) is 0 Å². The fraction of sp³-hybridized carbons (Fsp3) is 0.143. The third kappa shape index (κ3) is 2.37. The van der Waals surface area contributed by atoms with Gasteiger partial charge in [0.05, 0.1) is 10.8 Å². The number of hydrogen-bond acceptors (Lipinski definition) is 4. The summed E-state index contributed by atoms with van der Waals surface area (Å²) in [6, 6.07) is 11.9. The van der Waals surface area contributed by atoms with E-state index in [1.165, 1.54) is 21.8 Å². The fourth-order valence-electron chi connectivity index (χ4n) is 2.01. The van der Waals surface area contributed by atoms with E-state index in [1.807, 2.05) is 23.6 Å². The van der Waals surface area contributed by atoms with Gasteiger partial charge in [0.2, 0.25) is 5.91 Å². The van der Waals surface area contributed by atoms with E-state index in [2.05, 4.69) is 17.5 Å². The molecule has 0 aliphatic carbocycles. The Bertz CT molecular complexity index is 647. The van der Waals surface area contributed by atoms with Crippen molar-refractivity contribution in [2.75, 3.05) is 5.32 Å². The highest BCUT2D eigenvalue weighted by Gasteiger charge is 2.28. The maximum Gasteiger partial charge on any atom is 0.238 e. The third-order valence-electron chi connectivity index (χ3n) is 2.96. The molecule has 3 rings (SSSR count). The Balaban J connectivity index is 1.72. The second kappa shape index (κ2) is 5.08. The second-order valence-corrected chi connectivity index (χ2v) is 6.34. The van der Waals surface area contributed by atoms with Gasteiger partial charge in [0.1, 0.15) is 11.1 Å². The van der Waals surface area contributed by atoms with Gasteiger partial charge in [0, 0.05) is 4.90 Å². The van der Waals surface area contributed by atoms with Crippen molar-refractivity contribution < 1.29 is 4.79 Å². The lowest BCUT2D eigenvalue weighted by atomic mass is 10.1. The molecular weight excluding hydrogens is 276 g/mol. The van der Waals surface area contributed by atoms with E-state index in [4.69, 9.17) is 5.26 Å². The summed E-state index contributed by atoms with van der Waals surface area (Å²) in [6.45, 7) is 0. The van der Waals surface area contributed by atoms with Crippen molar-refractivity contribution >= 4 is 34.0 Å². The lowest BCUT2D eigenvalue weighted by Crippen LogP contribution is -2.24. The molecule has 1 amide bonds. The van der Waals surface area contributed by atoms with E-state index in [0.717, 1.165) is 6.42 Å². The van der Waals surface area contributed by atoms with Gasteiger partial charge in [-0.3, -0.25) is 4.79 Å². The number of amides is 1. The van der Waals surface area contributed by atoms with Crippen molar-refractivity contribution in [3.8, 4) is 6.07 Å². The molecule has 5 heteroatoms. The first kappa shape index (κ1) is 12.3. The molecule has 0 radical (unpaired) electrons. The van der Waals surface area contributed by atoms with Gasteiger partial charge in [0.15, 0.2) is 0 Å². The molecule has 0 saturated heterocycles. The number of nitrogens with one attached hydrogen (secondary N) is 1. The van der Waals surface area contributed by atoms with Crippen LogP contribution in [0.15, 0.2) is 40.6 Å². The van der Waals surface area contributed by atoms with E-state index in [-0.39, 0.29) is 11.2 Å². The number of hydrogen-bond donors (Lipinski definition) is 1. The molecule has 0 fully saturated rings. The van der Waals surface area contributed by atoms with Gasteiger partial charge in [-0.05, 0) is 29.5 Å². The SMILES string of the molecule is N#Cc1ccsc1NC(=O)C1Cc2ccccc2S1. The zero-order valence-corrected chi connectivity index (χ0v) is 11.6. The lowest BCUT2D eigenvalue weighted by Gasteiger charge is -2.08. The van der Waals surface area contributed by atoms with Crippen molar-refractivity contribution in [1.82, 2.24) is 0 Å². The van der Waals surface area contributed by atoms with Crippen LogP contribution < -0.4 is 5.32 Å². The minimum atomic E-state index is -0.106. The number of fused-ring (bicyclic) bond motifs is 1. The van der Waals surface area contributed by atoms with Gasteiger partial charge in [-0.2, -0.15) is 5.26 Å². The first-order chi connectivity index (χ1) is 9.28. The van der Waals surface area contributed by atoms with Crippen LogP contribution in [0, 0.1) is 11.3 Å². The Hall–Kier alpha value is -1.77. The van der Waals surface area contributed by atoms with Gasteiger partial charge in [-0.1, -0.05) is 18.2 Å². The molecule has 0 saturated carbocycles. The Labute approximate surface area is 119 Å². The summed E-state index contributed by atoms with van der Waals surface area (Å²) >= 11 is 2.97. The number of carbonyl (C=O) groups excluding carboxylic acids is 1.